The van der Waals surface area contributed by atoms with Crippen molar-refractivity contribution in [2.45, 2.75) is 181 Å². The Kier molecular flexibility index (Phi) is 27.6. The van der Waals surface area contributed by atoms with Gasteiger partial charge in [-0.25, -0.2) is 0 Å². The normalized spacial score (nSPS) is 12.3. The van der Waals surface area contributed by atoms with E-state index in [9.17, 15) is 14.7 Å². The van der Waals surface area contributed by atoms with Gasteiger partial charge in [0.2, 0.25) is 0 Å². The molecule has 0 fully saturated rings. The summed E-state index contributed by atoms with van der Waals surface area (Å²) < 4.78 is 10.5. The van der Waals surface area contributed by atoms with Crippen LogP contribution in [0.4, 0.5) is 0 Å². The molecule has 0 heterocycles. The minimum Gasteiger partial charge on any atom is -0.462 e. The predicted molar refractivity (Wildman–Crippen MR) is 164 cm³/mol. The lowest BCUT2D eigenvalue weighted by Gasteiger charge is -2.15. The third kappa shape index (κ3) is 29.7. The van der Waals surface area contributed by atoms with Crippen LogP contribution in [-0.2, 0) is 19.1 Å². The molecule has 0 radical (unpaired) electrons. The average molecular weight is 555 g/mol. The highest BCUT2D eigenvalue weighted by Gasteiger charge is 2.16. The number of carbonyl (C=O) groups excluding carboxylic acids is 2. The van der Waals surface area contributed by atoms with E-state index in [1.54, 1.807) is 0 Å². The number of hydrogen-bond donors (Lipinski definition) is 1. The topological polar surface area (TPSA) is 72.8 Å². The largest absolute Gasteiger partial charge is 0.462 e. The van der Waals surface area contributed by atoms with E-state index in [0.717, 1.165) is 50.4 Å². The molecule has 0 spiro atoms. The molecule has 0 saturated carbocycles. The van der Waals surface area contributed by atoms with Crippen LogP contribution in [0.25, 0.3) is 0 Å². The van der Waals surface area contributed by atoms with Crippen LogP contribution in [-0.4, -0.2) is 36.4 Å². The number of ether oxygens (including phenoxy) is 2. The SMILES string of the molecule is CC(C)CCCCCCCCCCCCCCC(=O)OC[C@H](CO)OC(=O)CCCCCCCCCC(C)C. The summed E-state index contributed by atoms with van der Waals surface area (Å²) in [4.78, 5) is 24.1. The molecule has 0 aliphatic carbocycles. The molecule has 0 amide bonds. The van der Waals surface area contributed by atoms with E-state index in [2.05, 4.69) is 27.7 Å². The quantitative estimate of drug-likeness (QED) is 0.0736. The number of aliphatic hydroxyl groups excluding tert-OH is 1. The van der Waals surface area contributed by atoms with Gasteiger partial charge in [0.1, 0.15) is 6.61 Å². The number of esters is 2. The molecule has 0 saturated heterocycles. The lowest BCUT2D eigenvalue weighted by molar-refractivity contribution is -0.161. The maximum Gasteiger partial charge on any atom is 0.306 e. The van der Waals surface area contributed by atoms with E-state index in [-0.39, 0.29) is 25.2 Å². The minimum atomic E-state index is -0.762. The Balaban J connectivity index is 3.54. The van der Waals surface area contributed by atoms with E-state index in [4.69, 9.17) is 9.47 Å². The van der Waals surface area contributed by atoms with E-state index in [0.29, 0.717) is 12.8 Å². The zero-order chi connectivity index (χ0) is 29.0. The number of rotatable bonds is 29. The Morgan fingerprint density at radius 3 is 1.21 bits per heavy atom. The van der Waals surface area contributed by atoms with Crippen molar-refractivity contribution in [2.75, 3.05) is 13.2 Å². The standard InChI is InChI=1S/C34H66O5/c1-30(2)24-20-16-12-9-7-5-6-8-10-14-18-22-26-33(36)38-29-32(28-35)39-34(37)27-23-19-15-11-13-17-21-25-31(3)4/h30-32,35H,5-29H2,1-4H3/t32-/m0/s1. The van der Waals surface area contributed by atoms with Gasteiger partial charge in [-0.3, -0.25) is 9.59 Å². The van der Waals surface area contributed by atoms with Crippen LogP contribution in [0, 0.1) is 11.8 Å². The number of unbranched alkanes of at least 4 members (excludes halogenated alkanes) is 17. The van der Waals surface area contributed by atoms with Gasteiger partial charge in [0.15, 0.2) is 6.10 Å². The summed E-state index contributed by atoms with van der Waals surface area (Å²) in [7, 11) is 0. The van der Waals surface area contributed by atoms with Gasteiger partial charge in [-0.05, 0) is 24.7 Å². The van der Waals surface area contributed by atoms with Crippen molar-refractivity contribution in [2.24, 2.45) is 11.8 Å². The van der Waals surface area contributed by atoms with Gasteiger partial charge in [-0.15, -0.1) is 0 Å². The van der Waals surface area contributed by atoms with Crippen molar-refractivity contribution >= 4 is 11.9 Å². The van der Waals surface area contributed by atoms with Crippen LogP contribution < -0.4 is 0 Å². The number of carbonyl (C=O) groups is 2. The molecule has 0 aliphatic heterocycles. The number of hydrogen-bond acceptors (Lipinski definition) is 5. The second-order valence-electron chi connectivity index (χ2n) is 12.6. The summed E-state index contributed by atoms with van der Waals surface area (Å²) >= 11 is 0. The molecule has 0 rings (SSSR count). The summed E-state index contributed by atoms with van der Waals surface area (Å²) in [5.41, 5.74) is 0. The fourth-order valence-electron chi connectivity index (χ4n) is 4.92. The van der Waals surface area contributed by atoms with Gasteiger partial charge in [0, 0.05) is 12.8 Å². The molecular formula is C34H66O5. The van der Waals surface area contributed by atoms with Crippen molar-refractivity contribution in [3.05, 3.63) is 0 Å². The average Bonchev–Trinajstić information content (AvgIpc) is 2.89. The van der Waals surface area contributed by atoms with Crippen LogP contribution >= 0.6 is 0 Å². The van der Waals surface area contributed by atoms with Gasteiger partial charge in [-0.1, -0.05) is 150 Å². The molecule has 0 aromatic heterocycles. The zero-order valence-electron chi connectivity index (χ0n) is 26.5. The zero-order valence-corrected chi connectivity index (χ0v) is 26.5. The Hall–Kier alpha value is -1.10. The molecule has 0 aliphatic rings. The highest BCUT2D eigenvalue weighted by molar-refractivity contribution is 5.70. The summed E-state index contributed by atoms with van der Waals surface area (Å²) in [5, 5.41) is 9.48. The maximum atomic E-state index is 12.1. The first-order valence-electron chi connectivity index (χ1n) is 16.8. The van der Waals surface area contributed by atoms with Crippen molar-refractivity contribution in [3.63, 3.8) is 0 Å². The fourth-order valence-corrected chi connectivity index (χ4v) is 4.92. The molecule has 39 heavy (non-hydrogen) atoms. The van der Waals surface area contributed by atoms with Crippen molar-refractivity contribution in [1.29, 1.82) is 0 Å². The minimum absolute atomic E-state index is 0.0603. The smallest absolute Gasteiger partial charge is 0.306 e. The summed E-state index contributed by atoms with van der Waals surface area (Å²) in [5.74, 6) is 1.05. The summed E-state index contributed by atoms with van der Waals surface area (Å²) in [6, 6.07) is 0. The molecule has 5 nitrogen and oxygen atoms in total. The van der Waals surface area contributed by atoms with Gasteiger partial charge in [0.05, 0.1) is 6.61 Å². The van der Waals surface area contributed by atoms with E-state index >= 15 is 0 Å². The monoisotopic (exact) mass is 554 g/mol. The number of aliphatic hydroxyl groups is 1. The van der Waals surface area contributed by atoms with Crippen LogP contribution in [0.5, 0.6) is 0 Å². The van der Waals surface area contributed by atoms with Crippen LogP contribution in [0.2, 0.25) is 0 Å². The molecule has 0 bridgehead atoms. The third-order valence-electron chi connectivity index (χ3n) is 7.51. The molecule has 0 unspecified atom stereocenters. The summed E-state index contributed by atoms with van der Waals surface area (Å²) in [6.07, 6.45) is 25.9. The molecule has 1 atom stereocenters. The first kappa shape index (κ1) is 37.9. The molecule has 5 heteroatoms. The first-order valence-corrected chi connectivity index (χ1v) is 16.8. The molecule has 1 N–H and O–H groups in total. The fraction of sp³-hybridized carbons (Fsp3) is 0.941. The van der Waals surface area contributed by atoms with E-state index < -0.39 is 6.10 Å². The summed E-state index contributed by atoms with van der Waals surface area (Å²) in [6.45, 7) is 8.77. The second kappa shape index (κ2) is 28.4. The Morgan fingerprint density at radius 2 is 0.846 bits per heavy atom. The van der Waals surface area contributed by atoms with Crippen molar-refractivity contribution < 1.29 is 24.2 Å². The predicted octanol–water partition coefficient (Wildman–Crippen LogP) is 9.72. The lowest BCUT2D eigenvalue weighted by Crippen LogP contribution is -2.28. The van der Waals surface area contributed by atoms with Crippen LogP contribution in [0.1, 0.15) is 175 Å². The van der Waals surface area contributed by atoms with Gasteiger partial charge in [0.25, 0.3) is 0 Å². The Labute approximate surface area is 242 Å². The van der Waals surface area contributed by atoms with Crippen molar-refractivity contribution in [1.82, 2.24) is 0 Å². The van der Waals surface area contributed by atoms with Crippen LogP contribution in [0.3, 0.4) is 0 Å². The molecule has 0 aromatic carbocycles. The lowest BCUT2D eigenvalue weighted by atomic mass is 10.0. The molecule has 0 aromatic rings. The highest BCUT2D eigenvalue weighted by Crippen LogP contribution is 2.15. The van der Waals surface area contributed by atoms with E-state index in [1.165, 1.54) is 96.3 Å². The molecular weight excluding hydrogens is 488 g/mol. The highest BCUT2D eigenvalue weighted by atomic mass is 16.6. The second-order valence-corrected chi connectivity index (χ2v) is 12.6. The van der Waals surface area contributed by atoms with Crippen LogP contribution in [0.15, 0.2) is 0 Å². The molecule has 232 valence electrons. The first-order chi connectivity index (χ1) is 18.8. The maximum absolute atomic E-state index is 12.1. The Bertz CT molecular complexity index is 546. The van der Waals surface area contributed by atoms with Gasteiger partial charge >= 0.3 is 11.9 Å². The van der Waals surface area contributed by atoms with Gasteiger partial charge < -0.3 is 14.6 Å². The van der Waals surface area contributed by atoms with Gasteiger partial charge in [-0.2, -0.15) is 0 Å². The third-order valence-corrected chi connectivity index (χ3v) is 7.51. The Morgan fingerprint density at radius 1 is 0.513 bits per heavy atom. The van der Waals surface area contributed by atoms with E-state index in [1.807, 2.05) is 0 Å². The van der Waals surface area contributed by atoms with Crippen molar-refractivity contribution in [3.8, 4) is 0 Å².